The van der Waals surface area contributed by atoms with E-state index >= 15 is 0 Å². The lowest BCUT2D eigenvalue weighted by atomic mass is 10.1. The highest BCUT2D eigenvalue weighted by Crippen LogP contribution is 2.11. The molecular formula is C10H20N2OS. The minimum Gasteiger partial charge on any atom is -0.340 e. The molecule has 0 saturated carbocycles. The minimum atomic E-state index is -0.275. The van der Waals surface area contributed by atoms with E-state index < -0.39 is 0 Å². The Hall–Kier alpha value is -0.220. The Morgan fingerprint density at radius 3 is 3.00 bits per heavy atom. The molecule has 0 spiro atoms. The Balaban J connectivity index is 2.40. The highest BCUT2D eigenvalue weighted by molar-refractivity contribution is 7.99. The van der Waals surface area contributed by atoms with Crippen molar-refractivity contribution >= 4 is 17.7 Å². The molecule has 1 atom stereocenters. The maximum atomic E-state index is 11.8. The van der Waals surface area contributed by atoms with Gasteiger partial charge >= 0.3 is 0 Å². The van der Waals surface area contributed by atoms with Crippen LogP contribution in [0.4, 0.5) is 0 Å². The maximum absolute atomic E-state index is 11.8. The second kappa shape index (κ2) is 6.30. The van der Waals surface area contributed by atoms with Crippen molar-refractivity contribution < 1.29 is 4.79 Å². The van der Waals surface area contributed by atoms with Gasteiger partial charge in [0.25, 0.3) is 0 Å². The number of nitrogens with zero attached hydrogens (tertiary/aromatic N) is 1. The lowest BCUT2D eigenvalue weighted by molar-refractivity contribution is -0.132. The molecule has 1 saturated heterocycles. The van der Waals surface area contributed by atoms with E-state index in [1.807, 2.05) is 16.7 Å². The molecule has 0 bridgehead atoms. The van der Waals surface area contributed by atoms with E-state index in [2.05, 4.69) is 6.92 Å². The summed E-state index contributed by atoms with van der Waals surface area (Å²) >= 11 is 1.93. The zero-order chi connectivity index (χ0) is 10.4. The number of hydrogen-bond donors (Lipinski definition) is 1. The average molecular weight is 216 g/mol. The predicted molar refractivity (Wildman–Crippen MR) is 61.4 cm³/mol. The van der Waals surface area contributed by atoms with Crippen molar-refractivity contribution in [3.8, 4) is 0 Å². The zero-order valence-electron chi connectivity index (χ0n) is 8.87. The van der Waals surface area contributed by atoms with E-state index in [0.717, 1.165) is 38.1 Å². The van der Waals surface area contributed by atoms with E-state index in [1.165, 1.54) is 5.75 Å². The van der Waals surface area contributed by atoms with Crippen LogP contribution in [0.2, 0.25) is 0 Å². The van der Waals surface area contributed by atoms with Crippen LogP contribution < -0.4 is 5.73 Å². The number of thioether (sulfide) groups is 1. The first-order valence-corrected chi connectivity index (χ1v) is 6.53. The Morgan fingerprint density at radius 1 is 1.50 bits per heavy atom. The van der Waals surface area contributed by atoms with Gasteiger partial charge in [-0.2, -0.15) is 11.8 Å². The molecule has 0 unspecified atom stereocenters. The van der Waals surface area contributed by atoms with Crippen molar-refractivity contribution in [2.75, 3.05) is 24.6 Å². The third-order valence-electron chi connectivity index (χ3n) is 2.45. The van der Waals surface area contributed by atoms with E-state index in [9.17, 15) is 4.79 Å². The summed E-state index contributed by atoms with van der Waals surface area (Å²) in [5.74, 6) is 2.38. The number of hydrogen-bond acceptors (Lipinski definition) is 3. The molecule has 0 aromatic carbocycles. The zero-order valence-corrected chi connectivity index (χ0v) is 9.68. The van der Waals surface area contributed by atoms with Crippen LogP contribution in [0.5, 0.6) is 0 Å². The van der Waals surface area contributed by atoms with Crippen LogP contribution in [0.25, 0.3) is 0 Å². The van der Waals surface area contributed by atoms with Crippen LogP contribution in [0.3, 0.4) is 0 Å². The molecule has 1 amide bonds. The summed E-state index contributed by atoms with van der Waals surface area (Å²) in [6.45, 7) is 3.83. The average Bonchev–Trinajstić information content (AvgIpc) is 2.45. The summed E-state index contributed by atoms with van der Waals surface area (Å²) in [6.07, 6.45) is 2.90. The molecule has 1 rings (SSSR count). The smallest absolute Gasteiger partial charge is 0.239 e. The molecule has 1 aliphatic heterocycles. The third kappa shape index (κ3) is 3.50. The van der Waals surface area contributed by atoms with Gasteiger partial charge in [-0.15, -0.1) is 0 Å². The monoisotopic (exact) mass is 216 g/mol. The quantitative estimate of drug-likeness (QED) is 0.768. The number of carbonyl (C=O) groups excluding carboxylic acids is 1. The van der Waals surface area contributed by atoms with E-state index in [0.29, 0.717) is 0 Å². The lowest BCUT2D eigenvalue weighted by Crippen LogP contribution is -2.44. The van der Waals surface area contributed by atoms with Crippen LogP contribution >= 0.6 is 11.8 Å². The molecule has 0 radical (unpaired) electrons. The molecule has 2 N–H and O–H groups in total. The van der Waals surface area contributed by atoms with Gasteiger partial charge in [0, 0.05) is 18.8 Å². The molecule has 0 aromatic heterocycles. The fourth-order valence-electron chi connectivity index (χ4n) is 1.64. The summed E-state index contributed by atoms with van der Waals surface area (Å²) in [5, 5.41) is 0. The van der Waals surface area contributed by atoms with Gasteiger partial charge in [-0.25, -0.2) is 0 Å². The van der Waals surface area contributed by atoms with Crippen molar-refractivity contribution in [3.63, 3.8) is 0 Å². The molecular weight excluding hydrogens is 196 g/mol. The Morgan fingerprint density at radius 2 is 2.29 bits per heavy atom. The summed E-state index contributed by atoms with van der Waals surface area (Å²) in [4.78, 5) is 13.8. The van der Waals surface area contributed by atoms with Gasteiger partial charge in [0.1, 0.15) is 0 Å². The van der Waals surface area contributed by atoms with E-state index in [-0.39, 0.29) is 11.9 Å². The highest BCUT2D eigenvalue weighted by atomic mass is 32.2. The highest BCUT2D eigenvalue weighted by Gasteiger charge is 2.20. The molecule has 1 aliphatic rings. The Labute approximate surface area is 90.4 Å². The lowest BCUT2D eigenvalue weighted by Gasteiger charge is -2.23. The molecule has 1 heterocycles. The number of rotatable bonds is 3. The summed E-state index contributed by atoms with van der Waals surface area (Å²) in [7, 11) is 0. The van der Waals surface area contributed by atoms with Crippen molar-refractivity contribution in [3.05, 3.63) is 0 Å². The van der Waals surface area contributed by atoms with Crippen molar-refractivity contribution in [2.24, 2.45) is 5.73 Å². The fourth-order valence-corrected chi connectivity index (χ4v) is 2.52. The molecule has 0 aliphatic carbocycles. The number of nitrogens with two attached hydrogens (primary N) is 1. The standard InChI is InChI=1S/C10H20N2OS/c1-2-4-9(11)10(13)12-5-3-7-14-8-6-12/h9H,2-8,11H2,1H3/t9-/m0/s1. The molecule has 14 heavy (non-hydrogen) atoms. The molecule has 3 nitrogen and oxygen atoms in total. The topological polar surface area (TPSA) is 46.3 Å². The molecule has 4 heteroatoms. The van der Waals surface area contributed by atoms with Gasteiger partial charge in [-0.05, 0) is 18.6 Å². The predicted octanol–water partition coefficient (Wildman–Crippen LogP) is 1.08. The first-order valence-electron chi connectivity index (χ1n) is 5.37. The Bertz CT molecular complexity index is 179. The Kier molecular flexibility index (Phi) is 5.33. The largest absolute Gasteiger partial charge is 0.340 e. The molecule has 1 fully saturated rings. The molecule has 0 aromatic rings. The number of carbonyl (C=O) groups is 1. The van der Waals surface area contributed by atoms with Crippen LogP contribution in [0.15, 0.2) is 0 Å². The second-order valence-corrected chi connectivity index (χ2v) is 4.91. The summed E-state index contributed by atoms with van der Waals surface area (Å²) < 4.78 is 0. The summed E-state index contributed by atoms with van der Waals surface area (Å²) in [5.41, 5.74) is 5.81. The normalized spacial score (nSPS) is 20.3. The van der Waals surface area contributed by atoms with E-state index in [4.69, 9.17) is 5.73 Å². The van der Waals surface area contributed by atoms with Gasteiger partial charge in [0.15, 0.2) is 0 Å². The van der Waals surface area contributed by atoms with Gasteiger partial charge in [-0.1, -0.05) is 13.3 Å². The molecule has 82 valence electrons. The van der Waals surface area contributed by atoms with Crippen LogP contribution in [0.1, 0.15) is 26.2 Å². The maximum Gasteiger partial charge on any atom is 0.239 e. The van der Waals surface area contributed by atoms with Crippen LogP contribution in [-0.2, 0) is 4.79 Å². The van der Waals surface area contributed by atoms with Gasteiger partial charge in [-0.3, -0.25) is 4.79 Å². The van der Waals surface area contributed by atoms with Crippen molar-refractivity contribution in [1.82, 2.24) is 4.90 Å². The third-order valence-corrected chi connectivity index (χ3v) is 3.50. The van der Waals surface area contributed by atoms with E-state index in [1.54, 1.807) is 0 Å². The van der Waals surface area contributed by atoms with Gasteiger partial charge in [0.05, 0.1) is 6.04 Å². The van der Waals surface area contributed by atoms with Crippen molar-refractivity contribution in [1.29, 1.82) is 0 Å². The minimum absolute atomic E-state index is 0.148. The fraction of sp³-hybridized carbons (Fsp3) is 0.900. The van der Waals surface area contributed by atoms with Crippen molar-refractivity contribution in [2.45, 2.75) is 32.2 Å². The SMILES string of the molecule is CCC[C@H](N)C(=O)N1CCCSCC1. The first kappa shape index (κ1) is 11.9. The van der Waals surface area contributed by atoms with Crippen LogP contribution in [0, 0.1) is 0 Å². The van der Waals surface area contributed by atoms with Crippen LogP contribution in [-0.4, -0.2) is 41.4 Å². The summed E-state index contributed by atoms with van der Waals surface area (Å²) in [6, 6.07) is -0.275. The number of amides is 1. The van der Waals surface area contributed by atoms with Gasteiger partial charge in [0.2, 0.25) is 5.91 Å². The van der Waals surface area contributed by atoms with Gasteiger partial charge < -0.3 is 10.6 Å². The second-order valence-electron chi connectivity index (χ2n) is 3.69. The first-order chi connectivity index (χ1) is 6.75.